The maximum absolute atomic E-state index is 12.7. The maximum Gasteiger partial charge on any atom is 0.472 e. The van der Waals surface area contributed by atoms with Gasteiger partial charge < -0.3 is 34.4 Å². The van der Waals surface area contributed by atoms with E-state index in [1.54, 1.807) is 0 Å². The molecule has 0 saturated carbocycles. The summed E-state index contributed by atoms with van der Waals surface area (Å²) < 4.78 is 47.9. The minimum absolute atomic E-state index is 0.103. The highest BCUT2D eigenvalue weighted by Gasteiger charge is 2.28. The smallest absolute Gasteiger partial charge is 0.462 e. The van der Waals surface area contributed by atoms with Crippen molar-refractivity contribution in [2.75, 3.05) is 26.4 Å². The van der Waals surface area contributed by atoms with Gasteiger partial charge in [-0.25, -0.2) is 9.13 Å². The lowest BCUT2D eigenvalue weighted by Gasteiger charge is -2.20. The SMILES string of the molecule is CCCC[C@H](O)/C=C\C/C=C\C/C=C\C/C=C\CCCC(=O)OC[C@H](COP(=O)(O)OC[C@@H](O)COP(=O)(O)O)OC(=O)CCCCCCCCCCCCCCCCCCCCC(C)CC. The molecule has 2 unspecified atom stereocenters. The van der Waals surface area contributed by atoms with Crippen LogP contribution in [0.15, 0.2) is 48.6 Å². The summed E-state index contributed by atoms with van der Waals surface area (Å²) in [6.07, 6.45) is 44.4. The maximum atomic E-state index is 12.7. The molecule has 5 atom stereocenters. The molecule has 5 N–H and O–H groups in total. The Morgan fingerprint density at radius 1 is 0.522 bits per heavy atom. The molecule has 0 radical (unpaired) electrons. The number of carbonyl (C=O) groups is 2. The summed E-state index contributed by atoms with van der Waals surface area (Å²) >= 11 is 0. The van der Waals surface area contributed by atoms with E-state index in [4.69, 9.17) is 28.3 Å². The minimum Gasteiger partial charge on any atom is -0.462 e. The van der Waals surface area contributed by atoms with Crippen molar-refractivity contribution in [3.63, 3.8) is 0 Å². The molecule has 67 heavy (non-hydrogen) atoms. The van der Waals surface area contributed by atoms with E-state index >= 15 is 0 Å². The summed E-state index contributed by atoms with van der Waals surface area (Å²) in [5.41, 5.74) is 0. The molecule has 0 heterocycles. The van der Waals surface area contributed by atoms with Crippen LogP contribution in [0.5, 0.6) is 0 Å². The van der Waals surface area contributed by atoms with Crippen molar-refractivity contribution in [2.24, 2.45) is 5.92 Å². The number of hydrogen-bond donors (Lipinski definition) is 5. The third-order valence-corrected chi connectivity index (χ3v) is 12.8. The quantitative estimate of drug-likeness (QED) is 0.0166. The minimum atomic E-state index is -4.88. The van der Waals surface area contributed by atoms with Gasteiger partial charge in [0.15, 0.2) is 6.10 Å². The van der Waals surface area contributed by atoms with Crippen LogP contribution < -0.4 is 0 Å². The Hall–Kier alpha value is -1.96. The molecule has 0 amide bonds. The zero-order valence-electron chi connectivity index (χ0n) is 41.8. The number of aliphatic hydroxyl groups excluding tert-OH is 2. The highest BCUT2D eigenvalue weighted by Crippen LogP contribution is 2.44. The Morgan fingerprint density at radius 3 is 1.51 bits per heavy atom. The Bertz CT molecular complexity index is 1400. The largest absolute Gasteiger partial charge is 0.472 e. The first kappa shape index (κ1) is 65.0. The van der Waals surface area contributed by atoms with E-state index in [-0.39, 0.29) is 18.9 Å². The molecule has 0 aromatic carbocycles. The average molecular weight is 993 g/mol. The van der Waals surface area contributed by atoms with Crippen molar-refractivity contribution < 1.29 is 66.7 Å². The first-order chi connectivity index (χ1) is 32.2. The van der Waals surface area contributed by atoms with E-state index in [0.717, 1.165) is 63.7 Å². The van der Waals surface area contributed by atoms with E-state index in [1.165, 1.54) is 103 Å². The number of allylic oxidation sites excluding steroid dienone is 7. The normalized spacial score (nSPS) is 15.2. The Morgan fingerprint density at radius 2 is 0.985 bits per heavy atom. The standard InChI is InChI=1S/C51H94O14P2/c1-4-6-38-47(52)39-34-30-26-22-18-15-16-19-23-27-31-35-40-50(54)61-44-49(45-64-67(59,60)63-43-48(53)42-62-66(56,57)58)65-51(55)41-36-32-28-24-20-14-12-10-8-7-9-11-13-17-21-25-29-33-37-46(3)5-2/h15-16,22-23,26-27,34,39,46-49,52-53H,4-14,17-21,24-25,28-33,35-38,40-45H2,1-3H3,(H,59,60)(H2,56,57,58)/b16-15-,26-22-,27-23-,39-34-/t46?,47-,48-,49+/m0/s1. The zero-order valence-corrected chi connectivity index (χ0v) is 43.6. The summed E-state index contributed by atoms with van der Waals surface area (Å²) in [7, 11) is -9.71. The summed E-state index contributed by atoms with van der Waals surface area (Å²) in [4.78, 5) is 52.9. The van der Waals surface area contributed by atoms with Crippen molar-refractivity contribution in [2.45, 2.75) is 232 Å². The molecule has 0 rings (SSSR count). The van der Waals surface area contributed by atoms with E-state index < -0.39 is 66.2 Å². The third kappa shape index (κ3) is 48.8. The van der Waals surface area contributed by atoms with Gasteiger partial charge in [-0.15, -0.1) is 0 Å². The van der Waals surface area contributed by atoms with Crippen molar-refractivity contribution in [1.29, 1.82) is 0 Å². The second-order valence-corrected chi connectivity index (χ2v) is 20.6. The fourth-order valence-electron chi connectivity index (χ4n) is 6.98. The number of phosphoric ester groups is 2. The lowest BCUT2D eigenvalue weighted by molar-refractivity contribution is -0.161. The Labute approximate surface area is 405 Å². The van der Waals surface area contributed by atoms with Gasteiger partial charge in [-0.2, -0.15) is 0 Å². The lowest BCUT2D eigenvalue weighted by Crippen LogP contribution is -2.30. The Kier molecular flexibility index (Phi) is 43.9. The molecule has 0 aromatic rings. The molecular weight excluding hydrogens is 898 g/mol. The van der Waals surface area contributed by atoms with Gasteiger partial charge in [0, 0.05) is 12.8 Å². The number of aliphatic hydroxyl groups is 2. The third-order valence-electron chi connectivity index (χ3n) is 11.3. The molecule has 392 valence electrons. The van der Waals surface area contributed by atoms with Gasteiger partial charge in [-0.1, -0.05) is 204 Å². The predicted molar refractivity (Wildman–Crippen MR) is 268 cm³/mol. The van der Waals surface area contributed by atoms with Gasteiger partial charge in [-0.05, 0) is 50.9 Å². The number of carbonyl (C=O) groups excluding carboxylic acids is 2. The van der Waals surface area contributed by atoms with E-state index in [0.29, 0.717) is 19.3 Å². The van der Waals surface area contributed by atoms with Crippen LogP contribution >= 0.6 is 15.6 Å². The van der Waals surface area contributed by atoms with E-state index in [9.17, 15) is 33.8 Å². The molecular formula is C51H94O14P2. The highest BCUT2D eigenvalue weighted by atomic mass is 31.2. The van der Waals surface area contributed by atoms with Crippen LogP contribution in [0.25, 0.3) is 0 Å². The molecule has 0 aliphatic rings. The number of ether oxygens (including phenoxy) is 2. The molecule has 0 spiro atoms. The van der Waals surface area contributed by atoms with Crippen LogP contribution in [0.3, 0.4) is 0 Å². The Balaban J connectivity index is 4.47. The molecule has 0 fully saturated rings. The van der Waals surface area contributed by atoms with E-state index in [2.05, 4.69) is 49.6 Å². The van der Waals surface area contributed by atoms with E-state index in [1.807, 2.05) is 24.3 Å². The van der Waals surface area contributed by atoms with Gasteiger partial charge >= 0.3 is 27.6 Å². The second-order valence-electron chi connectivity index (χ2n) is 17.9. The lowest BCUT2D eigenvalue weighted by atomic mass is 9.99. The first-order valence-corrected chi connectivity index (χ1v) is 28.8. The van der Waals surface area contributed by atoms with Gasteiger partial charge in [0.05, 0.1) is 25.9 Å². The molecule has 0 aliphatic heterocycles. The van der Waals surface area contributed by atoms with Crippen molar-refractivity contribution in [1.82, 2.24) is 0 Å². The monoisotopic (exact) mass is 993 g/mol. The number of esters is 2. The molecule has 16 heteroatoms. The van der Waals surface area contributed by atoms with Crippen molar-refractivity contribution >= 4 is 27.6 Å². The summed E-state index contributed by atoms with van der Waals surface area (Å²) in [5.74, 6) is -0.234. The topological polar surface area (TPSA) is 216 Å². The highest BCUT2D eigenvalue weighted by molar-refractivity contribution is 7.47. The fraction of sp³-hybridized carbons (Fsp3) is 0.804. The molecule has 14 nitrogen and oxygen atoms in total. The summed E-state index contributed by atoms with van der Waals surface area (Å²) in [5, 5.41) is 19.6. The molecule has 0 aromatic heterocycles. The number of unbranched alkanes of at least 4 members (excludes halogenated alkanes) is 19. The zero-order chi connectivity index (χ0) is 49.7. The average Bonchev–Trinajstić information content (AvgIpc) is 3.29. The number of hydrogen-bond acceptors (Lipinski definition) is 11. The number of rotatable bonds is 48. The van der Waals surface area contributed by atoms with Crippen LogP contribution in [-0.4, -0.2) is 81.6 Å². The predicted octanol–water partition coefficient (Wildman–Crippen LogP) is 13.0. The molecule has 0 bridgehead atoms. The first-order valence-electron chi connectivity index (χ1n) is 25.8. The van der Waals surface area contributed by atoms with Crippen LogP contribution in [0.2, 0.25) is 0 Å². The van der Waals surface area contributed by atoms with Gasteiger partial charge in [0.25, 0.3) is 0 Å². The second kappa shape index (κ2) is 45.2. The molecule has 0 saturated heterocycles. The van der Waals surface area contributed by atoms with Gasteiger partial charge in [-0.3, -0.25) is 23.2 Å². The summed E-state index contributed by atoms with van der Waals surface area (Å²) in [6, 6.07) is 0. The fourth-order valence-corrected chi connectivity index (χ4v) is 8.14. The van der Waals surface area contributed by atoms with Crippen LogP contribution in [0.4, 0.5) is 0 Å². The number of phosphoric acid groups is 2. The van der Waals surface area contributed by atoms with Gasteiger partial charge in [0.2, 0.25) is 0 Å². The molecule has 0 aliphatic carbocycles. The van der Waals surface area contributed by atoms with Crippen molar-refractivity contribution in [3.8, 4) is 0 Å². The van der Waals surface area contributed by atoms with Crippen LogP contribution in [0.1, 0.15) is 213 Å². The van der Waals surface area contributed by atoms with Crippen molar-refractivity contribution in [3.05, 3.63) is 48.6 Å². The van der Waals surface area contributed by atoms with Gasteiger partial charge in [0.1, 0.15) is 12.7 Å². The summed E-state index contributed by atoms with van der Waals surface area (Å²) in [6.45, 7) is 3.95. The van der Waals surface area contributed by atoms with Crippen LogP contribution in [-0.2, 0) is 41.8 Å². The van der Waals surface area contributed by atoms with Crippen LogP contribution in [0, 0.1) is 5.92 Å².